The van der Waals surface area contributed by atoms with E-state index in [1.807, 2.05) is 13.8 Å². The van der Waals surface area contributed by atoms with Crippen LogP contribution in [0.1, 0.15) is 45.2 Å². The molecule has 1 atom stereocenters. The van der Waals surface area contributed by atoms with Gasteiger partial charge < -0.3 is 24.8 Å². The zero-order valence-electron chi connectivity index (χ0n) is 18.9. The number of benzene rings is 1. The Bertz CT molecular complexity index is 582. The van der Waals surface area contributed by atoms with Crippen LogP contribution in [0.4, 0.5) is 0 Å². The van der Waals surface area contributed by atoms with Crippen LogP contribution in [0.15, 0.2) is 23.2 Å². The summed E-state index contributed by atoms with van der Waals surface area (Å²) in [6.45, 7) is 14.5. The first-order chi connectivity index (χ1) is 13.5. The molecule has 0 fully saturated rings. The van der Waals surface area contributed by atoms with Crippen LogP contribution in [0.25, 0.3) is 0 Å². The average molecular weight is 521 g/mol. The van der Waals surface area contributed by atoms with Crippen molar-refractivity contribution in [3.05, 3.63) is 29.3 Å². The Morgan fingerprint density at radius 1 is 1.10 bits per heavy atom. The Hall–Kier alpha value is -1.06. The number of halogens is 1. The Balaban J connectivity index is 0.00000784. The Labute approximate surface area is 194 Å². The molecule has 0 aromatic heterocycles. The summed E-state index contributed by atoms with van der Waals surface area (Å²) in [5.41, 5.74) is 2.27. The van der Waals surface area contributed by atoms with Gasteiger partial charge in [-0.2, -0.15) is 0 Å². The lowest BCUT2D eigenvalue weighted by Crippen LogP contribution is -2.39. The highest BCUT2D eigenvalue weighted by atomic mass is 127. The molecule has 0 aliphatic rings. The van der Waals surface area contributed by atoms with E-state index in [4.69, 9.17) is 14.2 Å². The van der Waals surface area contributed by atoms with E-state index in [-0.39, 0.29) is 30.1 Å². The van der Waals surface area contributed by atoms with Gasteiger partial charge in [0.1, 0.15) is 12.4 Å². The van der Waals surface area contributed by atoms with Crippen LogP contribution in [0.5, 0.6) is 5.75 Å². The molecule has 1 aromatic rings. The minimum Gasteiger partial charge on any atom is -0.491 e. The van der Waals surface area contributed by atoms with Crippen molar-refractivity contribution in [2.24, 2.45) is 10.9 Å². The fourth-order valence-electron chi connectivity index (χ4n) is 2.85. The molecule has 0 radical (unpaired) electrons. The molecule has 29 heavy (non-hydrogen) atoms. The first-order valence-corrected chi connectivity index (χ1v) is 10.4. The van der Waals surface area contributed by atoms with Gasteiger partial charge >= 0.3 is 0 Å². The highest BCUT2D eigenvalue weighted by molar-refractivity contribution is 14.0. The molecule has 0 aliphatic carbocycles. The molecule has 0 spiro atoms. The minimum absolute atomic E-state index is 0. The molecule has 0 amide bonds. The molecule has 1 unspecified atom stereocenters. The summed E-state index contributed by atoms with van der Waals surface area (Å²) in [6.07, 6.45) is 1.21. The van der Waals surface area contributed by atoms with E-state index in [0.717, 1.165) is 36.8 Å². The molecule has 1 aromatic carbocycles. The molecule has 0 saturated heterocycles. The van der Waals surface area contributed by atoms with E-state index in [2.05, 4.69) is 54.6 Å². The van der Waals surface area contributed by atoms with Crippen LogP contribution in [-0.2, 0) is 16.0 Å². The maximum Gasteiger partial charge on any atom is 0.191 e. The van der Waals surface area contributed by atoms with Gasteiger partial charge in [0.25, 0.3) is 0 Å². The normalized spacial score (nSPS) is 12.4. The van der Waals surface area contributed by atoms with Crippen molar-refractivity contribution >= 4 is 29.9 Å². The highest BCUT2D eigenvalue weighted by Crippen LogP contribution is 2.20. The molecular formula is C22H40IN3O3. The van der Waals surface area contributed by atoms with E-state index < -0.39 is 0 Å². The number of nitrogens with one attached hydrogen (secondary N) is 2. The number of hydrogen-bond acceptors (Lipinski definition) is 4. The monoisotopic (exact) mass is 521 g/mol. The Morgan fingerprint density at radius 3 is 2.48 bits per heavy atom. The summed E-state index contributed by atoms with van der Waals surface area (Å²) in [7, 11) is 1.78. The second kappa shape index (κ2) is 16.7. The molecule has 7 heteroatoms. The zero-order chi connectivity index (χ0) is 20.8. The van der Waals surface area contributed by atoms with E-state index >= 15 is 0 Å². The number of nitrogens with zero attached hydrogens (tertiary/aromatic N) is 1. The standard InChI is InChI=1S/C22H39N3O3.HI/c1-7-26-13-14-28-21-15-18(5)9-10-19(21)16-25-22(23-6)24-12-11-20(17(3)4)27-8-2;/h9-10,15,17,20H,7-8,11-14,16H2,1-6H3,(H2,23,24,25);1H. The number of aryl methyl sites for hydroxylation is 1. The van der Waals surface area contributed by atoms with Crippen molar-refractivity contribution in [3.8, 4) is 5.75 Å². The predicted molar refractivity (Wildman–Crippen MR) is 132 cm³/mol. The smallest absolute Gasteiger partial charge is 0.191 e. The number of rotatable bonds is 13. The Morgan fingerprint density at radius 2 is 1.86 bits per heavy atom. The van der Waals surface area contributed by atoms with Gasteiger partial charge in [0, 0.05) is 38.9 Å². The van der Waals surface area contributed by atoms with Crippen LogP contribution in [-0.4, -0.2) is 52.1 Å². The zero-order valence-corrected chi connectivity index (χ0v) is 21.2. The molecule has 0 bridgehead atoms. The predicted octanol–water partition coefficient (Wildman–Crippen LogP) is 4.14. The van der Waals surface area contributed by atoms with Crippen molar-refractivity contribution in [1.29, 1.82) is 0 Å². The van der Waals surface area contributed by atoms with Crippen LogP contribution < -0.4 is 15.4 Å². The first-order valence-electron chi connectivity index (χ1n) is 10.4. The fourth-order valence-corrected chi connectivity index (χ4v) is 2.85. The summed E-state index contributed by atoms with van der Waals surface area (Å²) in [5.74, 6) is 2.17. The second-order valence-corrected chi connectivity index (χ2v) is 7.04. The van der Waals surface area contributed by atoms with Gasteiger partial charge in [-0.05, 0) is 44.7 Å². The highest BCUT2D eigenvalue weighted by Gasteiger charge is 2.13. The molecule has 0 aliphatic heterocycles. The van der Waals surface area contributed by atoms with Crippen molar-refractivity contribution in [2.45, 2.75) is 53.7 Å². The average Bonchev–Trinajstić information content (AvgIpc) is 2.68. The van der Waals surface area contributed by atoms with Crippen molar-refractivity contribution in [3.63, 3.8) is 0 Å². The van der Waals surface area contributed by atoms with Gasteiger partial charge in [-0.1, -0.05) is 26.0 Å². The summed E-state index contributed by atoms with van der Waals surface area (Å²) < 4.78 is 17.1. The lowest BCUT2D eigenvalue weighted by atomic mass is 10.0. The summed E-state index contributed by atoms with van der Waals surface area (Å²) >= 11 is 0. The van der Waals surface area contributed by atoms with Gasteiger partial charge in [0.05, 0.1) is 12.7 Å². The van der Waals surface area contributed by atoms with E-state index in [1.165, 1.54) is 5.56 Å². The minimum atomic E-state index is 0. The number of ether oxygens (including phenoxy) is 3. The molecular weight excluding hydrogens is 481 g/mol. The third-order valence-corrected chi connectivity index (χ3v) is 4.43. The van der Waals surface area contributed by atoms with Gasteiger partial charge in [-0.25, -0.2) is 0 Å². The molecule has 0 heterocycles. The van der Waals surface area contributed by atoms with Crippen molar-refractivity contribution < 1.29 is 14.2 Å². The third kappa shape index (κ3) is 11.6. The lowest BCUT2D eigenvalue weighted by molar-refractivity contribution is 0.0258. The fraction of sp³-hybridized carbons (Fsp3) is 0.682. The second-order valence-electron chi connectivity index (χ2n) is 7.04. The lowest BCUT2D eigenvalue weighted by Gasteiger charge is -2.21. The topological polar surface area (TPSA) is 64.1 Å². The number of guanidine groups is 1. The van der Waals surface area contributed by atoms with Crippen LogP contribution in [0.2, 0.25) is 0 Å². The summed E-state index contributed by atoms with van der Waals surface area (Å²) in [4.78, 5) is 4.32. The first kappa shape index (κ1) is 27.9. The van der Waals surface area contributed by atoms with E-state index in [9.17, 15) is 0 Å². The Kier molecular flexibility index (Phi) is 16.1. The van der Waals surface area contributed by atoms with Crippen molar-refractivity contribution in [2.75, 3.05) is 40.0 Å². The molecule has 168 valence electrons. The van der Waals surface area contributed by atoms with Crippen LogP contribution in [0, 0.1) is 12.8 Å². The van der Waals surface area contributed by atoms with E-state index in [1.54, 1.807) is 7.05 Å². The van der Waals surface area contributed by atoms with Gasteiger partial charge in [-0.3, -0.25) is 4.99 Å². The third-order valence-electron chi connectivity index (χ3n) is 4.43. The maximum absolute atomic E-state index is 5.91. The molecule has 0 saturated carbocycles. The molecule has 6 nitrogen and oxygen atoms in total. The largest absolute Gasteiger partial charge is 0.491 e. The number of aliphatic imine (C=N–C) groups is 1. The van der Waals surface area contributed by atoms with E-state index in [0.29, 0.717) is 32.3 Å². The van der Waals surface area contributed by atoms with Gasteiger partial charge in [0.15, 0.2) is 5.96 Å². The van der Waals surface area contributed by atoms with Crippen molar-refractivity contribution in [1.82, 2.24) is 10.6 Å². The summed E-state index contributed by atoms with van der Waals surface area (Å²) in [6, 6.07) is 6.25. The molecule has 1 rings (SSSR count). The van der Waals surface area contributed by atoms with Gasteiger partial charge in [-0.15, -0.1) is 24.0 Å². The SMILES string of the molecule is CCOCCOc1cc(C)ccc1CNC(=NC)NCCC(OCC)C(C)C.I. The summed E-state index contributed by atoms with van der Waals surface area (Å²) in [5, 5.41) is 6.74. The van der Waals surface area contributed by atoms with Crippen LogP contribution in [0.3, 0.4) is 0 Å². The van der Waals surface area contributed by atoms with Crippen LogP contribution >= 0.6 is 24.0 Å². The van der Waals surface area contributed by atoms with Gasteiger partial charge in [0.2, 0.25) is 0 Å². The molecule has 2 N–H and O–H groups in total. The quantitative estimate of drug-likeness (QED) is 0.177. The number of hydrogen-bond donors (Lipinski definition) is 2. The maximum atomic E-state index is 5.91.